The highest BCUT2D eigenvalue weighted by Gasteiger charge is 2.16. The van der Waals surface area contributed by atoms with Crippen LogP contribution in [0.5, 0.6) is 5.75 Å². The number of rotatable bonds is 7. The predicted molar refractivity (Wildman–Crippen MR) is 96.1 cm³/mol. The van der Waals surface area contributed by atoms with E-state index >= 15 is 0 Å². The fourth-order valence-electron chi connectivity index (χ4n) is 2.85. The van der Waals surface area contributed by atoms with Crippen molar-refractivity contribution in [1.29, 1.82) is 0 Å². The number of nitrogens with zero attached hydrogens (tertiary/aromatic N) is 2. The molecule has 8 nitrogen and oxygen atoms in total. The van der Waals surface area contributed by atoms with Crippen LogP contribution in [0.1, 0.15) is 18.4 Å². The average Bonchev–Trinajstić information content (AvgIpc) is 2.68. The maximum Gasteiger partial charge on any atom is 0.257 e. The molecule has 2 aliphatic rings. The van der Waals surface area contributed by atoms with Gasteiger partial charge in [0.05, 0.1) is 18.9 Å². The number of hydrogen-bond acceptors (Lipinski definition) is 6. The van der Waals surface area contributed by atoms with Crippen LogP contribution in [0.15, 0.2) is 23.3 Å². The highest BCUT2D eigenvalue weighted by molar-refractivity contribution is 6.04. The third-order valence-corrected chi connectivity index (χ3v) is 4.38. The van der Waals surface area contributed by atoms with Crippen molar-refractivity contribution >= 4 is 17.5 Å². The van der Waals surface area contributed by atoms with Gasteiger partial charge in [-0.1, -0.05) is 0 Å². The van der Waals surface area contributed by atoms with Gasteiger partial charge in [0.15, 0.2) is 18.2 Å². The number of morpholine rings is 1. The highest BCUT2D eigenvalue weighted by atomic mass is 19.1. The molecule has 1 saturated heterocycles. The summed E-state index contributed by atoms with van der Waals surface area (Å²) in [6, 6.07) is 4.41. The molecule has 0 saturated carbocycles. The van der Waals surface area contributed by atoms with Crippen LogP contribution in [0.2, 0.25) is 0 Å². The Morgan fingerprint density at radius 1 is 1.33 bits per heavy atom. The third kappa shape index (κ3) is 5.73. The Hall–Kier alpha value is -2.52. The lowest BCUT2D eigenvalue weighted by Gasteiger charge is -2.26. The molecule has 146 valence electrons. The number of ether oxygens (including phenoxy) is 2. The summed E-state index contributed by atoms with van der Waals surface area (Å²) < 4.78 is 24.7. The largest absolute Gasteiger partial charge is 0.481 e. The summed E-state index contributed by atoms with van der Waals surface area (Å²) in [7, 11) is 0. The third-order valence-electron chi connectivity index (χ3n) is 4.38. The van der Waals surface area contributed by atoms with E-state index in [9.17, 15) is 14.0 Å². The smallest absolute Gasteiger partial charge is 0.257 e. The molecule has 0 radical (unpaired) electrons. The number of hydrogen-bond donors (Lipinski definition) is 2. The first-order chi connectivity index (χ1) is 13.1. The lowest BCUT2D eigenvalue weighted by molar-refractivity contribution is -0.123. The van der Waals surface area contributed by atoms with Crippen LogP contribution < -0.4 is 15.5 Å². The second-order valence-electron chi connectivity index (χ2n) is 6.33. The molecule has 0 unspecified atom stereocenters. The fourth-order valence-corrected chi connectivity index (χ4v) is 2.85. The highest BCUT2D eigenvalue weighted by Crippen LogP contribution is 2.20. The minimum absolute atomic E-state index is 0.00234. The van der Waals surface area contributed by atoms with Gasteiger partial charge < -0.3 is 14.8 Å². The molecule has 0 aromatic heterocycles. The molecule has 0 aliphatic carbocycles. The molecular formula is C18H23FN4O4. The van der Waals surface area contributed by atoms with E-state index in [4.69, 9.17) is 9.47 Å². The number of carbonyl (C=O) groups is 2. The fraction of sp³-hybridized carbons (Fsp3) is 0.500. The van der Waals surface area contributed by atoms with Gasteiger partial charge in [0, 0.05) is 44.6 Å². The first kappa shape index (κ1) is 19.2. The van der Waals surface area contributed by atoms with Gasteiger partial charge >= 0.3 is 0 Å². The van der Waals surface area contributed by atoms with Gasteiger partial charge in [0.25, 0.3) is 5.91 Å². The van der Waals surface area contributed by atoms with Gasteiger partial charge in [-0.15, -0.1) is 0 Å². The van der Waals surface area contributed by atoms with E-state index in [0.29, 0.717) is 43.9 Å². The maximum absolute atomic E-state index is 14.2. The molecule has 2 N–H and O–H groups in total. The zero-order valence-corrected chi connectivity index (χ0v) is 15.0. The van der Waals surface area contributed by atoms with E-state index in [-0.39, 0.29) is 24.2 Å². The van der Waals surface area contributed by atoms with Crippen molar-refractivity contribution in [3.05, 3.63) is 29.6 Å². The lowest BCUT2D eigenvalue weighted by atomic mass is 10.0. The molecule has 1 aromatic carbocycles. The van der Waals surface area contributed by atoms with E-state index in [2.05, 4.69) is 20.7 Å². The molecule has 1 aromatic rings. The molecule has 1 fully saturated rings. The van der Waals surface area contributed by atoms with Gasteiger partial charge in [-0.3, -0.25) is 14.5 Å². The molecule has 2 amide bonds. The zero-order valence-electron chi connectivity index (χ0n) is 15.0. The number of amides is 2. The van der Waals surface area contributed by atoms with E-state index in [1.807, 2.05) is 0 Å². The molecule has 9 heteroatoms. The van der Waals surface area contributed by atoms with Gasteiger partial charge in [-0.05, 0) is 18.2 Å². The molecule has 27 heavy (non-hydrogen) atoms. The van der Waals surface area contributed by atoms with Crippen LogP contribution in [0, 0.1) is 5.82 Å². The summed E-state index contributed by atoms with van der Waals surface area (Å²) >= 11 is 0. The van der Waals surface area contributed by atoms with Gasteiger partial charge in [0.2, 0.25) is 5.91 Å². The molecule has 2 heterocycles. The Bertz CT molecular complexity index is 719. The number of carbonyl (C=O) groups excluding carboxylic acids is 2. The van der Waals surface area contributed by atoms with E-state index < -0.39 is 5.82 Å². The Morgan fingerprint density at radius 2 is 2.15 bits per heavy atom. The second-order valence-corrected chi connectivity index (χ2v) is 6.33. The molecule has 0 bridgehead atoms. The second kappa shape index (κ2) is 9.43. The van der Waals surface area contributed by atoms with Crippen molar-refractivity contribution in [3.8, 4) is 5.75 Å². The van der Waals surface area contributed by atoms with Crippen molar-refractivity contribution in [2.75, 3.05) is 46.0 Å². The van der Waals surface area contributed by atoms with E-state index in [1.165, 1.54) is 12.1 Å². The maximum atomic E-state index is 14.2. The van der Waals surface area contributed by atoms with Crippen LogP contribution >= 0.6 is 0 Å². The van der Waals surface area contributed by atoms with Crippen molar-refractivity contribution in [1.82, 2.24) is 15.6 Å². The van der Waals surface area contributed by atoms with E-state index in [1.54, 1.807) is 6.07 Å². The Kier molecular flexibility index (Phi) is 6.72. The minimum Gasteiger partial charge on any atom is -0.481 e. The average molecular weight is 378 g/mol. The summed E-state index contributed by atoms with van der Waals surface area (Å²) in [5, 5.41) is 6.69. The standard InChI is InChI=1S/C18H23FN4O4/c19-14-11-13(15-2-4-17(24)22-21-15)1-3-16(14)27-12-18(25)20-5-6-23-7-9-26-10-8-23/h1,3,11H,2,4-10,12H2,(H,20,25)(H,22,24). The van der Waals surface area contributed by atoms with E-state index in [0.717, 1.165) is 19.6 Å². The Balaban J connectivity index is 1.43. The van der Waals surface area contributed by atoms with Crippen LogP contribution in [-0.2, 0) is 14.3 Å². The van der Waals surface area contributed by atoms with Crippen LogP contribution in [0.25, 0.3) is 0 Å². The number of hydrazone groups is 1. The molecule has 2 aliphatic heterocycles. The van der Waals surface area contributed by atoms with Gasteiger partial charge in [-0.2, -0.15) is 5.10 Å². The molecule has 3 rings (SSSR count). The van der Waals surface area contributed by atoms with Crippen LogP contribution in [-0.4, -0.2) is 68.4 Å². The first-order valence-corrected chi connectivity index (χ1v) is 8.97. The summed E-state index contributed by atoms with van der Waals surface area (Å²) in [5.74, 6) is -1.03. The molecular weight excluding hydrogens is 355 g/mol. The summed E-state index contributed by atoms with van der Waals surface area (Å²) in [4.78, 5) is 25.2. The Morgan fingerprint density at radius 3 is 2.85 bits per heavy atom. The van der Waals surface area contributed by atoms with Crippen LogP contribution in [0.4, 0.5) is 4.39 Å². The summed E-state index contributed by atoms with van der Waals surface area (Å²) in [5.41, 5.74) is 3.57. The quantitative estimate of drug-likeness (QED) is 0.711. The molecule has 0 spiro atoms. The summed E-state index contributed by atoms with van der Waals surface area (Å²) in [6.07, 6.45) is 0.778. The zero-order chi connectivity index (χ0) is 19.1. The Labute approximate surface area is 156 Å². The molecule has 0 atom stereocenters. The number of benzene rings is 1. The SMILES string of the molecule is O=C(COc1ccc(C2=NNC(=O)CC2)cc1F)NCCN1CCOCC1. The van der Waals surface area contributed by atoms with Crippen molar-refractivity contribution in [2.45, 2.75) is 12.8 Å². The number of nitrogens with one attached hydrogen (secondary N) is 2. The normalized spacial score (nSPS) is 17.8. The van der Waals surface area contributed by atoms with Crippen LogP contribution in [0.3, 0.4) is 0 Å². The number of halogens is 1. The topological polar surface area (TPSA) is 92.3 Å². The van der Waals surface area contributed by atoms with Crippen molar-refractivity contribution in [2.24, 2.45) is 5.10 Å². The summed E-state index contributed by atoms with van der Waals surface area (Å²) in [6.45, 7) is 4.15. The van der Waals surface area contributed by atoms with Crippen molar-refractivity contribution in [3.63, 3.8) is 0 Å². The van der Waals surface area contributed by atoms with Crippen molar-refractivity contribution < 1.29 is 23.5 Å². The predicted octanol–water partition coefficient (Wildman–Crippen LogP) is 0.267. The van der Waals surface area contributed by atoms with Gasteiger partial charge in [-0.25, -0.2) is 9.82 Å². The first-order valence-electron chi connectivity index (χ1n) is 8.97. The monoisotopic (exact) mass is 378 g/mol. The lowest BCUT2D eigenvalue weighted by Crippen LogP contribution is -2.42. The minimum atomic E-state index is -0.576. The van der Waals surface area contributed by atoms with Gasteiger partial charge in [0.1, 0.15) is 0 Å².